The minimum Gasteiger partial charge on any atom is -0.261 e. The van der Waals surface area contributed by atoms with Crippen LogP contribution in [0.25, 0.3) is 0 Å². The molecule has 0 saturated carbocycles. The molecule has 0 bridgehead atoms. The van der Waals surface area contributed by atoms with E-state index in [1.165, 1.54) is 0 Å². The number of aromatic nitrogens is 1. The standard InChI is InChI=1S/C13H10Br2ClN/c14-10-5-9(6-11(15)7-10)13(16)8-12-3-1-2-4-17-12/h1-7,13H,8H2. The van der Waals surface area contributed by atoms with Gasteiger partial charge in [-0.25, -0.2) is 0 Å². The molecular formula is C13H10Br2ClN. The number of nitrogens with zero attached hydrogens (tertiary/aromatic N) is 1. The van der Waals surface area contributed by atoms with Gasteiger partial charge in [0.25, 0.3) is 0 Å². The molecule has 0 radical (unpaired) electrons. The van der Waals surface area contributed by atoms with Crippen molar-refractivity contribution >= 4 is 43.5 Å². The summed E-state index contributed by atoms with van der Waals surface area (Å²) in [7, 11) is 0. The van der Waals surface area contributed by atoms with Crippen molar-refractivity contribution in [1.82, 2.24) is 4.98 Å². The van der Waals surface area contributed by atoms with Gasteiger partial charge in [0.05, 0.1) is 5.38 Å². The third-order valence-corrected chi connectivity index (χ3v) is 3.68. The number of rotatable bonds is 3. The van der Waals surface area contributed by atoms with Crippen molar-refractivity contribution in [3.63, 3.8) is 0 Å². The summed E-state index contributed by atoms with van der Waals surface area (Å²) in [5.41, 5.74) is 2.09. The van der Waals surface area contributed by atoms with E-state index in [4.69, 9.17) is 11.6 Å². The molecule has 0 saturated heterocycles. The average molecular weight is 375 g/mol. The number of alkyl halides is 1. The molecule has 0 amide bonds. The van der Waals surface area contributed by atoms with Gasteiger partial charge in [-0.2, -0.15) is 0 Å². The molecule has 1 unspecified atom stereocenters. The first-order valence-corrected chi connectivity index (χ1v) is 7.17. The SMILES string of the molecule is ClC(Cc1ccccn1)c1cc(Br)cc(Br)c1. The largest absolute Gasteiger partial charge is 0.261 e. The Bertz CT molecular complexity index is 482. The minimum atomic E-state index is -0.0706. The van der Waals surface area contributed by atoms with Gasteiger partial charge < -0.3 is 0 Å². The van der Waals surface area contributed by atoms with Crippen LogP contribution in [-0.2, 0) is 6.42 Å². The van der Waals surface area contributed by atoms with Crippen LogP contribution < -0.4 is 0 Å². The van der Waals surface area contributed by atoms with Crippen molar-refractivity contribution in [2.24, 2.45) is 0 Å². The maximum atomic E-state index is 6.40. The van der Waals surface area contributed by atoms with Gasteiger partial charge in [0.1, 0.15) is 0 Å². The average Bonchev–Trinajstić information content (AvgIpc) is 2.29. The van der Waals surface area contributed by atoms with Crippen LogP contribution in [-0.4, -0.2) is 4.98 Å². The normalized spacial score (nSPS) is 12.4. The number of benzene rings is 1. The van der Waals surface area contributed by atoms with E-state index in [0.29, 0.717) is 0 Å². The van der Waals surface area contributed by atoms with Gasteiger partial charge in [-0.1, -0.05) is 37.9 Å². The maximum absolute atomic E-state index is 6.40. The fourth-order valence-corrected chi connectivity index (χ4v) is 3.19. The van der Waals surface area contributed by atoms with E-state index in [-0.39, 0.29) is 5.38 Å². The molecule has 2 aromatic rings. The van der Waals surface area contributed by atoms with Crippen LogP contribution in [0.1, 0.15) is 16.6 Å². The zero-order chi connectivity index (χ0) is 12.3. The van der Waals surface area contributed by atoms with Crippen LogP contribution in [0, 0.1) is 0 Å². The zero-order valence-electron chi connectivity index (χ0n) is 8.91. The van der Waals surface area contributed by atoms with Gasteiger partial charge >= 0.3 is 0 Å². The second-order valence-corrected chi connectivity index (χ2v) is 6.05. The summed E-state index contributed by atoms with van der Waals surface area (Å²) in [6.07, 6.45) is 2.51. The molecule has 0 spiro atoms. The molecule has 1 nitrogen and oxygen atoms in total. The third kappa shape index (κ3) is 3.80. The lowest BCUT2D eigenvalue weighted by Gasteiger charge is -2.10. The molecule has 1 aromatic carbocycles. The van der Waals surface area contributed by atoms with Crippen LogP contribution in [0.3, 0.4) is 0 Å². The van der Waals surface area contributed by atoms with Crippen LogP contribution in [0.15, 0.2) is 51.5 Å². The number of pyridine rings is 1. The number of hydrogen-bond donors (Lipinski definition) is 0. The lowest BCUT2D eigenvalue weighted by Crippen LogP contribution is -1.98. The van der Waals surface area contributed by atoms with Gasteiger partial charge in [0.15, 0.2) is 0 Å². The third-order valence-electron chi connectivity index (χ3n) is 2.36. The predicted molar refractivity (Wildman–Crippen MR) is 78.4 cm³/mol. The first-order valence-electron chi connectivity index (χ1n) is 5.15. The Morgan fingerprint density at radius 1 is 1.12 bits per heavy atom. The molecule has 0 aliphatic carbocycles. The summed E-state index contributed by atoms with van der Waals surface area (Å²) >= 11 is 13.3. The lowest BCUT2D eigenvalue weighted by molar-refractivity contribution is 0.879. The van der Waals surface area contributed by atoms with E-state index in [2.05, 4.69) is 36.8 Å². The van der Waals surface area contributed by atoms with Crippen molar-refractivity contribution in [2.45, 2.75) is 11.8 Å². The molecule has 1 atom stereocenters. The van der Waals surface area contributed by atoms with E-state index < -0.39 is 0 Å². The van der Waals surface area contributed by atoms with Crippen LogP contribution in [0.4, 0.5) is 0 Å². The second kappa shape index (κ2) is 5.98. The summed E-state index contributed by atoms with van der Waals surface area (Å²) < 4.78 is 2.04. The monoisotopic (exact) mass is 373 g/mol. The molecule has 1 heterocycles. The van der Waals surface area contributed by atoms with E-state index in [1.54, 1.807) is 6.20 Å². The predicted octanol–water partition coefficient (Wildman–Crippen LogP) is 5.13. The highest BCUT2D eigenvalue weighted by atomic mass is 79.9. The molecule has 0 N–H and O–H groups in total. The Morgan fingerprint density at radius 2 is 1.82 bits per heavy atom. The van der Waals surface area contributed by atoms with Gasteiger partial charge in [-0.05, 0) is 35.9 Å². The Morgan fingerprint density at radius 3 is 2.41 bits per heavy atom. The summed E-state index contributed by atoms with van der Waals surface area (Å²) in [5, 5.41) is -0.0706. The van der Waals surface area contributed by atoms with Crippen LogP contribution >= 0.6 is 43.5 Å². The molecule has 4 heteroatoms. The Balaban J connectivity index is 2.17. The summed E-state index contributed by atoms with van der Waals surface area (Å²) in [5.74, 6) is 0. The minimum absolute atomic E-state index is 0.0706. The Kier molecular flexibility index (Phi) is 4.60. The lowest BCUT2D eigenvalue weighted by atomic mass is 10.1. The topological polar surface area (TPSA) is 12.9 Å². The maximum Gasteiger partial charge on any atom is 0.0641 e. The van der Waals surface area contributed by atoms with Crippen molar-refractivity contribution in [1.29, 1.82) is 0 Å². The Labute approximate surface area is 122 Å². The van der Waals surface area contributed by atoms with E-state index in [0.717, 1.165) is 26.6 Å². The van der Waals surface area contributed by atoms with Gasteiger partial charge in [-0.3, -0.25) is 4.98 Å². The fourth-order valence-electron chi connectivity index (χ4n) is 1.58. The summed E-state index contributed by atoms with van der Waals surface area (Å²) in [4.78, 5) is 4.28. The van der Waals surface area contributed by atoms with Gasteiger partial charge in [0, 0.05) is 27.3 Å². The smallest absolute Gasteiger partial charge is 0.0641 e. The summed E-state index contributed by atoms with van der Waals surface area (Å²) in [6.45, 7) is 0. The first kappa shape index (κ1) is 13.1. The number of halogens is 3. The van der Waals surface area contributed by atoms with Gasteiger partial charge in [-0.15, -0.1) is 11.6 Å². The highest BCUT2D eigenvalue weighted by Gasteiger charge is 2.11. The van der Waals surface area contributed by atoms with Crippen LogP contribution in [0.5, 0.6) is 0 Å². The summed E-state index contributed by atoms with van der Waals surface area (Å²) in [6, 6.07) is 11.9. The van der Waals surface area contributed by atoms with Crippen molar-refractivity contribution in [2.75, 3.05) is 0 Å². The zero-order valence-corrected chi connectivity index (χ0v) is 12.8. The highest BCUT2D eigenvalue weighted by Crippen LogP contribution is 2.29. The molecule has 1 aromatic heterocycles. The van der Waals surface area contributed by atoms with Crippen LogP contribution in [0.2, 0.25) is 0 Å². The van der Waals surface area contributed by atoms with Gasteiger partial charge in [0.2, 0.25) is 0 Å². The molecule has 0 aliphatic rings. The highest BCUT2D eigenvalue weighted by molar-refractivity contribution is 9.11. The molecule has 17 heavy (non-hydrogen) atoms. The number of hydrogen-bond acceptors (Lipinski definition) is 1. The molecule has 88 valence electrons. The van der Waals surface area contributed by atoms with Crippen molar-refractivity contribution in [3.05, 3.63) is 62.8 Å². The molecule has 0 aliphatic heterocycles. The van der Waals surface area contributed by atoms with Crippen molar-refractivity contribution in [3.8, 4) is 0 Å². The Hall–Kier alpha value is -0.380. The molecule has 0 fully saturated rings. The molecular weight excluding hydrogens is 365 g/mol. The van der Waals surface area contributed by atoms with E-state index >= 15 is 0 Å². The van der Waals surface area contributed by atoms with E-state index in [9.17, 15) is 0 Å². The quantitative estimate of drug-likeness (QED) is 0.678. The second-order valence-electron chi connectivity index (χ2n) is 3.70. The van der Waals surface area contributed by atoms with Crippen molar-refractivity contribution < 1.29 is 0 Å². The van der Waals surface area contributed by atoms with E-state index in [1.807, 2.05) is 36.4 Å². The fraction of sp³-hybridized carbons (Fsp3) is 0.154. The first-order chi connectivity index (χ1) is 8.15. The molecule has 2 rings (SSSR count).